The fraction of sp³-hybridized carbons (Fsp3) is 0.429. The minimum atomic E-state index is -3.20. The van der Waals surface area contributed by atoms with Crippen molar-refractivity contribution in [2.75, 3.05) is 39.0 Å². The standard InChI is InChI=1S/C21H28N2O3S/c1-18-16-20(8-9-21(18)26-2)17-22-11-13-23(14-12-22)27(24,25)15-10-19-6-4-3-5-7-19/h3-9,16H,10-15,17H2,1-2H3. The Kier molecular flexibility index (Phi) is 6.52. The first-order chi connectivity index (χ1) is 13.0. The van der Waals surface area contributed by atoms with Crippen LogP contribution in [0.25, 0.3) is 0 Å². The van der Waals surface area contributed by atoms with Crippen LogP contribution in [0.15, 0.2) is 48.5 Å². The quantitative estimate of drug-likeness (QED) is 0.732. The largest absolute Gasteiger partial charge is 0.496 e. The van der Waals surface area contributed by atoms with Gasteiger partial charge in [-0.3, -0.25) is 4.90 Å². The van der Waals surface area contributed by atoms with Gasteiger partial charge < -0.3 is 4.74 Å². The Bertz CT molecular complexity index is 845. The summed E-state index contributed by atoms with van der Waals surface area (Å²) in [6.07, 6.45) is 0.564. The average molecular weight is 389 g/mol. The summed E-state index contributed by atoms with van der Waals surface area (Å²) in [5.41, 5.74) is 3.42. The van der Waals surface area contributed by atoms with Crippen LogP contribution in [0.5, 0.6) is 5.75 Å². The van der Waals surface area contributed by atoms with Crippen molar-refractivity contribution in [3.05, 3.63) is 65.2 Å². The molecule has 0 N–H and O–H groups in total. The average Bonchev–Trinajstić information content (AvgIpc) is 2.68. The lowest BCUT2D eigenvalue weighted by Crippen LogP contribution is -2.49. The van der Waals surface area contributed by atoms with Gasteiger partial charge in [0.2, 0.25) is 10.0 Å². The van der Waals surface area contributed by atoms with Gasteiger partial charge in [-0.15, -0.1) is 0 Å². The van der Waals surface area contributed by atoms with E-state index in [1.807, 2.05) is 43.3 Å². The molecule has 0 bridgehead atoms. The van der Waals surface area contributed by atoms with Gasteiger partial charge in [-0.05, 0) is 36.1 Å². The van der Waals surface area contributed by atoms with Crippen LogP contribution in [-0.2, 0) is 23.0 Å². The molecule has 146 valence electrons. The third-order valence-electron chi connectivity index (χ3n) is 5.08. The Balaban J connectivity index is 1.51. The van der Waals surface area contributed by atoms with E-state index in [-0.39, 0.29) is 5.75 Å². The number of nitrogens with zero attached hydrogens (tertiary/aromatic N) is 2. The second-order valence-corrected chi connectivity index (χ2v) is 9.12. The topological polar surface area (TPSA) is 49.9 Å². The van der Waals surface area contributed by atoms with E-state index in [9.17, 15) is 8.42 Å². The molecule has 0 unspecified atom stereocenters. The van der Waals surface area contributed by atoms with Crippen molar-refractivity contribution in [3.8, 4) is 5.75 Å². The SMILES string of the molecule is COc1ccc(CN2CCN(S(=O)(=O)CCc3ccccc3)CC2)cc1C. The molecule has 3 rings (SSSR count). The third kappa shape index (κ3) is 5.31. The molecule has 2 aromatic carbocycles. The van der Waals surface area contributed by atoms with Crippen molar-refractivity contribution < 1.29 is 13.2 Å². The maximum absolute atomic E-state index is 12.6. The van der Waals surface area contributed by atoms with E-state index in [4.69, 9.17) is 4.74 Å². The molecule has 1 fully saturated rings. The van der Waals surface area contributed by atoms with Crippen molar-refractivity contribution >= 4 is 10.0 Å². The lowest BCUT2D eigenvalue weighted by atomic mass is 10.1. The van der Waals surface area contributed by atoms with Gasteiger partial charge in [0.25, 0.3) is 0 Å². The Morgan fingerprint density at radius 2 is 1.67 bits per heavy atom. The summed E-state index contributed by atoms with van der Waals surface area (Å²) in [6, 6.07) is 16.0. The zero-order valence-electron chi connectivity index (χ0n) is 16.1. The van der Waals surface area contributed by atoms with Gasteiger partial charge in [0.15, 0.2) is 0 Å². The van der Waals surface area contributed by atoms with Crippen LogP contribution >= 0.6 is 0 Å². The Hall–Kier alpha value is -1.89. The Labute approximate surface area is 162 Å². The molecule has 1 saturated heterocycles. The molecule has 2 aromatic rings. The molecule has 5 nitrogen and oxygen atoms in total. The zero-order valence-corrected chi connectivity index (χ0v) is 16.9. The number of benzene rings is 2. The normalized spacial score (nSPS) is 16.4. The van der Waals surface area contributed by atoms with Crippen LogP contribution < -0.4 is 4.74 Å². The molecular formula is C21H28N2O3S. The van der Waals surface area contributed by atoms with E-state index in [0.717, 1.165) is 36.5 Å². The monoisotopic (exact) mass is 388 g/mol. The Morgan fingerprint density at radius 3 is 2.30 bits per heavy atom. The lowest BCUT2D eigenvalue weighted by molar-refractivity contribution is 0.181. The second-order valence-electron chi connectivity index (χ2n) is 7.03. The molecule has 1 heterocycles. The van der Waals surface area contributed by atoms with Crippen molar-refractivity contribution in [3.63, 3.8) is 0 Å². The second kappa shape index (κ2) is 8.87. The first-order valence-corrected chi connectivity index (χ1v) is 11.0. The predicted molar refractivity (Wildman–Crippen MR) is 109 cm³/mol. The fourth-order valence-corrected chi connectivity index (χ4v) is 4.95. The number of hydrogen-bond acceptors (Lipinski definition) is 4. The van der Waals surface area contributed by atoms with Gasteiger partial charge >= 0.3 is 0 Å². The van der Waals surface area contributed by atoms with Crippen molar-refractivity contribution in [2.45, 2.75) is 19.9 Å². The highest BCUT2D eigenvalue weighted by molar-refractivity contribution is 7.89. The highest BCUT2D eigenvalue weighted by Gasteiger charge is 2.26. The van der Waals surface area contributed by atoms with E-state index < -0.39 is 10.0 Å². The molecular weight excluding hydrogens is 360 g/mol. The van der Waals surface area contributed by atoms with Gasteiger partial charge in [0.1, 0.15) is 5.75 Å². The van der Waals surface area contributed by atoms with Crippen molar-refractivity contribution in [2.24, 2.45) is 0 Å². The lowest BCUT2D eigenvalue weighted by Gasteiger charge is -2.34. The van der Waals surface area contributed by atoms with Crippen molar-refractivity contribution in [1.29, 1.82) is 0 Å². The minimum Gasteiger partial charge on any atom is -0.496 e. The number of hydrogen-bond donors (Lipinski definition) is 0. The summed E-state index contributed by atoms with van der Waals surface area (Å²) < 4.78 is 32.2. The summed E-state index contributed by atoms with van der Waals surface area (Å²) >= 11 is 0. The van der Waals surface area contributed by atoms with Gasteiger partial charge in [0.05, 0.1) is 12.9 Å². The highest BCUT2D eigenvalue weighted by Crippen LogP contribution is 2.20. The molecule has 1 aliphatic rings. The van der Waals surface area contributed by atoms with Gasteiger partial charge in [-0.25, -0.2) is 8.42 Å². The van der Waals surface area contributed by atoms with Crippen LogP contribution in [0.1, 0.15) is 16.7 Å². The van der Waals surface area contributed by atoms with E-state index in [2.05, 4.69) is 17.0 Å². The molecule has 0 aliphatic carbocycles. The number of piperazine rings is 1. The van der Waals surface area contributed by atoms with E-state index in [1.54, 1.807) is 11.4 Å². The number of rotatable bonds is 7. The molecule has 0 saturated carbocycles. The zero-order chi connectivity index (χ0) is 19.3. The van der Waals surface area contributed by atoms with Gasteiger partial charge in [0, 0.05) is 32.7 Å². The predicted octanol–water partition coefficient (Wildman–Crippen LogP) is 2.69. The summed E-state index contributed by atoms with van der Waals surface area (Å²) in [6.45, 7) is 5.52. The first-order valence-electron chi connectivity index (χ1n) is 9.35. The molecule has 1 aliphatic heterocycles. The maximum atomic E-state index is 12.6. The van der Waals surface area contributed by atoms with Crippen LogP contribution in [0, 0.1) is 6.92 Å². The number of sulfonamides is 1. The molecule has 6 heteroatoms. The molecule has 0 radical (unpaired) electrons. The maximum Gasteiger partial charge on any atom is 0.214 e. The summed E-state index contributed by atoms with van der Waals surface area (Å²) in [5, 5.41) is 0. The highest BCUT2D eigenvalue weighted by atomic mass is 32.2. The molecule has 0 atom stereocenters. The van der Waals surface area contributed by atoms with Crippen LogP contribution in [-0.4, -0.2) is 56.7 Å². The molecule has 0 amide bonds. The molecule has 0 spiro atoms. The van der Waals surface area contributed by atoms with Crippen LogP contribution in [0.4, 0.5) is 0 Å². The van der Waals surface area contributed by atoms with E-state index >= 15 is 0 Å². The summed E-state index contributed by atoms with van der Waals surface area (Å²) in [5.74, 6) is 1.07. The first kappa shape index (κ1) is 19.9. The van der Waals surface area contributed by atoms with Crippen LogP contribution in [0.2, 0.25) is 0 Å². The van der Waals surface area contributed by atoms with E-state index in [1.165, 1.54) is 5.56 Å². The molecule has 0 aromatic heterocycles. The fourth-order valence-electron chi connectivity index (χ4n) is 3.48. The minimum absolute atomic E-state index is 0.175. The molecule has 27 heavy (non-hydrogen) atoms. The van der Waals surface area contributed by atoms with Gasteiger partial charge in [-0.1, -0.05) is 42.5 Å². The summed E-state index contributed by atoms with van der Waals surface area (Å²) in [4.78, 5) is 2.31. The van der Waals surface area contributed by atoms with E-state index in [0.29, 0.717) is 19.5 Å². The van der Waals surface area contributed by atoms with Crippen LogP contribution in [0.3, 0.4) is 0 Å². The Morgan fingerprint density at radius 1 is 0.963 bits per heavy atom. The number of aryl methyl sites for hydroxylation is 2. The van der Waals surface area contributed by atoms with Crippen molar-refractivity contribution in [1.82, 2.24) is 9.21 Å². The number of ether oxygens (including phenoxy) is 1. The number of methoxy groups -OCH3 is 1. The van der Waals surface area contributed by atoms with Gasteiger partial charge in [-0.2, -0.15) is 4.31 Å². The summed E-state index contributed by atoms with van der Waals surface area (Å²) in [7, 11) is -1.52. The third-order valence-corrected chi connectivity index (χ3v) is 6.95. The smallest absolute Gasteiger partial charge is 0.214 e.